The van der Waals surface area contributed by atoms with Crippen molar-refractivity contribution >= 4 is 0 Å². The van der Waals surface area contributed by atoms with Crippen molar-refractivity contribution in [2.75, 3.05) is 20.3 Å². The molecule has 0 heterocycles. The summed E-state index contributed by atoms with van der Waals surface area (Å²) in [6.07, 6.45) is 2.63. The molecule has 0 radical (unpaired) electrons. The molecule has 0 aliphatic carbocycles. The molecule has 1 N–H and O–H groups in total. The highest BCUT2D eigenvalue weighted by atomic mass is 19.4. The Hall–Kier alpha value is -0.550. The van der Waals surface area contributed by atoms with Crippen LogP contribution >= 0.6 is 0 Å². The quantitative estimate of drug-likeness (QED) is 0.476. The molecule has 102 valence electrons. The summed E-state index contributed by atoms with van der Waals surface area (Å²) in [5, 5.41) is 2.97. The second-order valence-electron chi connectivity index (χ2n) is 4.04. The summed E-state index contributed by atoms with van der Waals surface area (Å²) < 4.78 is 40.2. The van der Waals surface area contributed by atoms with E-state index in [1.165, 1.54) is 0 Å². The van der Waals surface area contributed by atoms with Crippen LogP contribution in [0.5, 0.6) is 0 Å². The van der Waals surface area contributed by atoms with Gasteiger partial charge in [-0.3, -0.25) is 0 Å². The van der Waals surface area contributed by atoms with E-state index >= 15 is 0 Å². The summed E-state index contributed by atoms with van der Waals surface area (Å²) in [7, 11) is 1.74. The van der Waals surface area contributed by atoms with Crippen LogP contribution in [0.2, 0.25) is 0 Å². The molecule has 0 amide bonds. The van der Waals surface area contributed by atoms with E-state index in [1.54, 1.807) is 7.05 Å². The lowest BCUT2D eigenvalue weighted by molar-refractivity contribution is -0.175. The zero-order valence-electron chi connectivity index (χ0n) is 10.4. The molecule has 0 aliphatic heterocycles. The molecule has 2 nitrogen and oxygen atoms in total. The Morgan fingerprint density at radius 1 is 1.29 bits per heavy atom. The zero-order valence-corrected chi connectivity index (χ0v) is 10.4. The first-order valence-corrected chi connectivity index (χ1v) is 5.92. The van der Waals surface area contributed by atoms with Gasteiger partial charge in [-0.25, -0.2) is 0 Å². The Balaban J connectivity index is 3.52. The third-order valence-corrected chi connectivity index (χ3v) is 2.45. The molecule has 1 atom stereocenters. The molecule has 17 heavy (non-hydrogen) atoms. The van der Waals surface area contributed by atoms with Crippen molar-refractivity contribution < 1.29 is 17.9 Å². The molecule has 0 bridgehead atoms. The number of likely N-dealkylation sites (N-methyl/N-ethyl adjacent to an activating group) is 1. The monoisotopic (exact) mass is 253 g/mol. The van der Waals surface area contributed by atoms with Crippen LogP contribution < -0.4 is 5.32 Å². The van der Waals surface area contributed by atoms with Crippen molar-refractivity contribution in [2.45, 2.75) is 44.3 Å². The number of unbranched alkanes of at least 4 members (excludes halogenated alkanes) is 3. The van der Waals surface area contributed by atoms with Gasteiger partial charge in [0.15, 0.2) is 0 Å². The van der Waals surface area contributed by atoms with Crippen molar-refractivity contribution in [3.63, 3.8) is 0 Å². The van der Waals surface area contributed by atoms with E-state index < -0.39 is 12.8 Å². The first kappa shape index (κ1) is 16.4. The Morgan fingerprint density at radius 2 is 2.00 bits per heavy atom. The van der Waals surface area contributed by atoms with Crippen molar-refractivity contribution in [1.29, 1.82) is 0 Å². The lowest BCUT2D eigenvalue weighted by atomic mass is 10.1. The second-order valence-corrected chi connectivity index (χ2v) is 4.04. The standard InChI is InChI=1S/C12H22F3NO/c1-3-4-5-6-7-8-11(16-2)9-17-10-12(13,14)15/h3,11,16H,1,4-10H2,2H3. The molecule has 0 saturated carbocycles. The fourth-order valence-electron chi connectivity index (χ4n) is 1.48. The molecular formula is C12H22F3NO. The number of alkyl halides is 3. The molecule has 1 unspecified atom stereocenters. The van der Waals surface area contributed by atoms with Crippen LogP contribution in [0.25, 0.3) is 0 Å². The normalized spacial score (nSPS) is 13.6. The molecular weight excluding hydrogens is 231 g/mol. The van der Waals surface area contributed by atoms with Crippen LogP contribution in [-0.4, -0.2) is 32.5 Å². The van der Waals surface area contributed by atoms with E-state index in [0.717, 1.165) is 32.1 Å². The average Bonchev–Trinajstić information content (AvgIpc) is 2.25. The highest BCUT2D eigenvalue weighted by Crippen LogP contribution is 2.15. The molecule has 0 aromatic rings. The number of hydrogen-bond acceptors (Lipinski definition) is 2. The number of hydrogen-bond donors (Lipinski definition) is 1. The summed E-state index contributed by atoms with van der Waals surface area (Å²) in [6.45, 7) is 2.58. The van der Waals surface area contributed by atoms with Gasteiger partial charge in [-0.05, 0) is 26.3 Å². The van der Waals surface area contributed by atoms with Gasteiger partial charge in [0.2, 0.25) is 0 Å². The van der Waals surface area contributed by atoms with E-state index in [9.17, 15) is 13.2 Å². The average molecular weight is 253 g/mol. The summed E-state index contributed by atoms with van der Waals surface area (Å²) in [4.78, 5) is 0. The van der Waals surface area contributed by atoms with Crippen molar-refractivity contribution in [3.8, 4) is 0 Å². The third kappa shape index (κ3) is 11.7. The van der Waals surface area contributed by atoms with E-state index in [4.69, 9.17) is 0 Å². The topological polar surface area (TPSA) is 21.3 Å². The maximum Gasteiger partial charge on any atom is 0.411 e. The SMILES string of the molecule is C=CCCCCCC(COCC(F)(F)F)NC. The lowest BCUT2D eigenvalue weighted by Crippen LogP contribution is -2.32. The molecule has 0 aliphatic rings. The Kier molecular flexibility index (Phi) is 9.17. The highest BCUT2D eigenvalue weighted by Gasteiger charge is 2.27. The van der Waals surface area contributed by atoms with Crippen LogP contribution in [0, 0.1) is 0 Å². The van der Waals surface area contributed by atoms with Crippen LogP contribution in [0.3, 0.4) is 0 Å². The second kappa shape index (κ2) is 9.48. The predicted octanol–water partition coefficient (Wildman–Crippen LogP) is 3.29. The van der Waals surface area contributed by atoms with Gasteiger partial charge in [-0.2, -0.15) is 13.2 Å². The smallest absolute Gasteiger partial charge is 0.370 e. The Morgan fingerprint density at radius 3 is 2.53 bits per heavy atom. The Bertz CT molecular complexity index is 195. The molecule has 5 heteroatoms. The van der Waals surface area contributed by atoms with Crippen LogP contribution in [0.4, 0.5) is 13.2 Å². The fraction of sp³-hybridized carbons (Fsp3) is 0.833. The number of halogens is 3. The minimum absolute atomic E-state index is 0.00100. The number of rotatable bonds is 10. The van der Waals surface area contributed by atoms with Crippen LogP contribution in [0.15, 0.2) is 12.7 Å². The van der Waals surface area contributed by atoms with Gasteiger partial charge in [0.1, 0.15) is 6.61 Å². The highest BCUT2D eigenvalue weighted by molar-refractivity contribution is 4.67. The van der Waals surface area contributed by atoms with E-state index in [0.29, 0.717) is 0 Å². The molecule has 0 aromatic heterocycles. The van der Waals surface area contributed by atoms with Crippen molar-refractivity contribution in [2.24, 2.45) is 0 Å². The van der Waals surface area contributed by atoms with Gasteiger partial charge in [0, 0.05) is 6.04 Å². The van der Waals surface area contributed by atoms with Gasteiger partial charge < -0.3 is 10.1 Å². The van der Waals surface area contributed by atoms with Gasteiger partial charge in [0.05, 0.1) is 6.61 Å². The number of allylic oxidation sites excluding steroid dienone is 1. The summed E-state index contributed by atoms with van der Waals surface area (Å²) in [5.74, 6) is 0. The molecule has 0 saturated heterocycles. The predicted molar refractivity (Wildman–Crippen MR) is 63.0 cm³/mol. The first-order valence-electron chi connectivity index (χ1n) is 5.92. The van der Waals surface area contributed by atoms with Gasteiger partial charge in [-0.15, -0.1) is 6.58 Å². The van der Waals surface area contributed by atoms with E-state index in [-0.39, 0.29) is 12.6 Å². The van der Waals surface area contributed by atoms with Crippen molar-refractivity contribution in [1.82, 2.24) is 5.32 Å². The minimum Gasteiger partial charge on any atom is -0.370 e. The maximum absolute atomic E-state index is 11.8. The van der Waals surface area contributed by atoms with Crippen LogP contribution in [-0.2, 0) is 4.74 Å². The summed E-state index contributed by atoms with van der Waals surface area (Å²) in [5.41, 5.74) is 0. The molecule has 0 spiro atoms. The summed E-state index contributed by atoms with van der Waals surface area (Å²) >= 11 is 0. The van der Waals surface area contributed by atoms with Crippen LogP contribution in [0.1, 0.15) is 32.1 Å². The van der Waals surface area contributed by atoms with Gasteiger partial charge in [-0.1, -0.05) is 18.9 Å². The lowest BCUT2D eigenvalue weighted by Gasteiger charge is -2.16. The Labute approximate surface area is 101 Å². The largest absolute Gasteiger partial charge is 0.411 e. The third-order valence-electron chi connectivity index (χ3n) is 2.45. The van der Waals surface area contributed by atoms with Gasteiger partial charge in [0.25, 0.3) is 0 Å². The summed E-state index contributed by atoms with van der Waals surface area (Å²) in [6, 6.07) is 0.00100. The molecule has 0 fully saturated rings. The zero-order chi connectivity index (χ0) is 13.1. The molecule has 0 aromatic carbocycles. The minimum atomic E-state index is -4.23. The van der Waals surface area contributed by atoms with Gasteiger partial charge >= 0.3 is 6.18 Å². The van der Waals surface area contributed by atoms with E-state index in [2.05, 4.69) is 16.6 Å². The maximum atomic E-state index is 11.8. The van der Waals surface area contributed by atoms with Crippen molar-refractivity contribution in [3.05, 3.63) is 12.7 Å². The first-order chi connectivity index (χ1) is 7.99. The molecule has 0 rings (SSSR count). The fourth-order valence-corrected chi connectivity index (χ4v) is 1.48. The number of nitrogens with one attached hydrogen (secondary N) is 1. The number of ether oxygens (including phenoxy) is 1. The van der Waals surface area contributed by atoms with E-state index in [1.807, 2.05) is 6.08 Å².